The summed E-state index contributed by atoms with van der Waals surface area (Å²) in [7, 11) is 0. The first-order valence-electron chi connectivity index (χ1n) is 9.59. The van der Waals surface area contributed by atoms with Crippen LogP contribution in [-0.4, -0.2) is 38.8 Å². The minimum Gasteiger partial charge on any atom is -0.410 e. The maximum Gasteiger partial charge on any atom is 0.412 e. The molecule has 1 amide bonds. The molecule has 1 heterocycles. The average molecular weight is 394 g/mol. The smallest absolute Gasteiger partial charge is 0.410 e. The molecule has 3 rings (SSSR count). The molecule has 0 saturated heterocycles. The molecular weight excluding hydrogens is 368 g/mol. The number of hydrogen-bond donors (Lipinski definition) is 2. The third-order valence-electron chi connectivity index (χ3n) is 4.54. The van der Waals surface area contributed by atoms with Crippen molar-refractivity contribution >= 4 is 6.09 Å². The maximum atomic E-state index is 12.2. The first kappa shape index (κ1) is 20.5. The molecule has 1 atom stereocenters. The summed E-state index contributed by atoms with van der Waals surface area (Å²) in [5, 5.41) is 20.0. The molecule has 0 saturated carbocycles. The summed E-state index contributed by atoms with van der Waals surface area (Å²) < 4.78 is 7.24. The van der Waals surface area contributed by atoms with Crippen molar-refractivity contribution in [2.45, 2.75) is 39.7 Å². The Kier molecular flexibility index (Phi) is 6.29. The lowest BCUT2D eigenvalue weighted by atomic mass is 10.0. The highest BCUT2D eigenvalue weighted by molar-refractivity contribution is 5.74. The molecule has 0 aliphatic heterocycles. The Hall–Kier alpha value is -3.19. The van der Waals surface area contributed by atoms with Gasteiger partial charge in [-0.15, -0.1) is 5.10 Å². The number of hydrogen-bond acceptors (Lipinski definition) is 5. The molecule has 0 spiro atoms. The van der Waals surface area contributed by atoms with Crippen LogP contribution in [0.1, 0.15) is 37.9 Å². The topological polar surface area (TPSA) is 89.3 Å². The van der Waals surface area contributed by atoms with E-state index >= 15 is 0 Å². The van der Waals surface area contributed by atoms with Gasteiger partial charge in [-0.25, -0.2) is 9.48 Å². The Morgan fingerprint density at radius 3 is 2.52 bits per heavy atom. The number of nitrogens with zero attached hydrogens (tertiary/aromatic N) is 3. The lowest BCUT2D eigenvalue weighted by Gasteiger charge is -2.15. The number of carbonyl (C=O) groups is 1. The zero-order valence-electron chi connectivity index (χ0n) is 17.1. The van der Waals surface area contributed by atoms with Gasteiger partial charge in [0, 0.05) is 6.07 Å². The van der Waals surface area contributed by atoms with Gasteiger partial charge in [0.25, 0.3) is 0 Å². The molecular formula is C22H26N4O3. The van der Waals surface area contributed by atoms with E-state index < -0.39 is 12.1 Å². The molecule has 7 nitrogen and oxygen atoms in total. The van der Waals surface area contributed by atoms with Gasteiger partial charge in [0.2, 0.25) is 0 Å². The summed E-state index contributed by atoms with van der Waals surface area (Å²) in [5.74, 6) is 0.608. The van der Waals surface area contributed by atoms with E-state index in [1.54, 1.807) is 23.9 Å². The number of ether oxygens (including phenoxy) is 1. The van der Waals surface area contributed by atoms with Gasteiger partial charge in [-0.1, -0.05) is 48.9 Å². The molecule has 29 heavy (non-hydrogen) atoms. The lowest BCUT2D eigenvalue weighted by molar-refractivity contribution is 0.186. The minimum atomic E-state index is -0.624. The fraction of sp³-hybridized carbons (Fsp3) is 0.318. The molecule has 0 aliphatic carbocycles. The second-order valence-electron chi connectivity index (χ2n) is 7.42. The van der Waals surface area contributed by atoms with E-state index in [1.807, 2.05) is 43.3 Å². The predicted octanol–water partition coefficient (Wildman–Crippen LogP) is 3.84. The van der Waals surface area contributed by atoms with E-state index in [2.05, 4.69) is 29.5 Å². The molecule has 0 aliphatic rings. The largest absolute Gasteiger partial charge is 0.412 e. The highest BCUT2D eigenvalue weighted by Crippen LogP contribution is 2.29. The third kappa shape index (κ3) is 5.00. The molecule has 1 aromatic heterocycles. The standard InChI is InChI=1S/C22H26N4O3/c1-14(2)21-12-23-25-26(21)19-9-18(17-7-5-15(3)6-8-17)10-20(11-19)29-22(28)24-16(4)13-27/h5-12,14,16,27H,13H2,1-4H3,(H,24,28)/t16-/m0/s1. The Balaban J connectivity index is 2.03. The van der Waals surface area contributed by atoms with Crippen LogP contribution in [0.3, 0.4) is 0 Å². The van der Waals surface area contributed by atoms with Crippen molar-refractivity contribution in [2.75, 3.05) is 6.61 Å². The van der Waals surface area contributed by atoms with Crippen LogP contribution in [0.2, 0.25) is 0 Å². The van der Waals surface area contributed by atoms with Crippen LogP contribution in [0, 0.1) is 6.92 Å². The number of aliphatic hydroxyl groups is 1. The summed E-state index contributed by atoms with van der Waals surface area (Å²) >= 11 is 0. The van der Waals surface area contributed by atoms with Crippen molar-refractivity contribution in [3.8, 4) is 22.6 Å². The number of benzene rings is 2. The second kappa shape index (κ2) is 8.87. The van der Waals surface area contributed by atoms with E-state index in [1.165, 1.54) is 0 Å². The van der Waals surface area contributed by atoms with E-state index in [0.29, 0.717) is 5.75 Å². The Labute approximate surface area is 170 Å². The van der Waals surface area contributed by atoms with E-state index in [-0.39, 0.29) is 12.5 Å². The molecule has 7 heteroatoms. The van der Waals surface area contributed by atoms with Gasteiger partial charge in [0.15, 0.2) is 0 Å². The molecule has 0 radical (unpaired) electrons. The van der Waals surface area contributed by atoms with Crippen molar-refractivity contribution in [1.82, 2.24) is 20.3 Å². The minimum absolute atomic E-state index is 0.166. The number of aryl methyl sites for hydroxylation is 1. The maximum absolute atomic E-state index is 12.2. The molecule has 2 aromatic carbocycles. The molecule has 0 fully saturated rings. The number of nitrogens with one attached hydrogen (secondary N) is 1. The highest BCUT2D eigenvalue weighted by Gasteiger charge is 2.15. The van der Waals surface area contributed by atoms with Gasteiger partial charge in [-0.3, -0.25) is 0 Å². The van der Waals surface area contributed by atoms with Crippen LogP contribution < -0.4 is 10.1 Å². The van der Waals surface area contributed by atoms with Crippen LogP contribution in [0.25, 0.3) is 16.8 Å². The van der Waals surface area contributed by atoms with Crippen LogP contribution in [0.15, 0.2) is 48.7 Å². The Morgan fingerprint density at radius 1 is 1.14 bits per heavy atom. The second-order valence-corrected chi connectivity index (χ2v) is 7.42. The van der Waals surface area contributed by atoms with Crippen LogP contribution in [-0.2, 0) is 0 Å². The van der Waals surface area contributed by atoms with Gasteiger partial charge < -0.3 is 15.2 Å². The number of aliphatic hydroxyl groups excluding tert-OH is 1. The zero-order chi connectivity index (χ0) is 21.0. The summed E-state index contributed by atoms with van der Waals surface area (Å²) in [5.41, 5.74) is 4.76. The SMILES string of the molecule is Cc1ccc(-c2cc(OC(=O)N[C@@H](C)CO)cc(-n3nncc3C(C)C)c2)cc1. The van der Waals surface area contributed by atoms with Gasteiger partial charge in [0.1, 0.15) is 5.75 Å². The molecule has 152 valence electrons. The van der Waals surface area contributed by atoms with Gasteiger partial charge in [-0.2, -0.15) is 0 Å². The highest BCUT2D eigenvalue weighted by atomic mass is 16.6. The van der Waals surface area contributed by atoms with Crippen molar-refractivity contribution in [3.05, 3.63) is 59.9 Å². The van der Waals surface area contributed by atoms with E-state index in [4.69, 9.17) is 9.84 Å². The summed E-state index contributed by atoms with van der Waals surface area (Å²) in [6, 6.07) is 13.3. The normalized spacial score (nSPS) is 12.1. The van der Waals surface area contributed by atoms with Crippen LogP contribution >= 0.6 is 0 Å². The fourth-order valence-electron chi connectivity index (χ4n) is 2.90. The average Bonchev–Trinajstić information content (AvgIpc) is 3.18. The monoisotopic (exact) mass is 394 g/mol. The quantitative estimate of drug-likeness (QED) is 0.663. The summed E-state index contributed by atoms with van der Waals surface area (Å²) in [4.78, 5) is 12.2. The number of rotatable bonds is 6. The summed E-state index contributed by atoms with van der Waals surface area (Å²) in [6.45, 7) is 7.70. The number of amides is 1. The number of aromatic nitrogens is 3. The van der Waals surface area contributed by atoms with Crippen LogP contribution in [0.4, 0.5) is 4.79 Å². The molecule has 0 unspecified atom stereocenters. The predicted molar refractivity (Wildman–Crippen MR) is 111 cm³/mol. The summed E-state index contributed by atoms with van der Waals surface area (Å²) in [6.07, 6.45) is 1.11. The molecule has 0 bridgehead atoms. The first-order chi connectivity index (χ1) is 13.9. The van der Waals surface area contributed by atoms with E-state index in [0.717, 1.165) is 28.1 Å². The number of carbonyl (C=O) groups excluding carboxylic acids is 1. The van der Waals surface area contributed by atoms with Crippen molar-refractivity contribution in [2.24, 2.45) is 0 Å². The van der Waals surface area contributed by atoms with Gasteiger partial charge >= 0.3 is 6.09 Å². The molecule has 3 aromatic rings. The fourth-order valence-corrected chi connectivity index (χ4v) is 2.90. The van der Waals surface area contributed by atoms with Gasteiger partial charge in [0.05, 0.1) is 30.2 Å². The van der Waals surface area contributed by atoms with Crippen LogP contribution in [0.5, 0.6) is 5.75 Å². The third-order valence-corrected chi connectivity index (χ3v) is 4.54. The molecule has 2 N–H and O–H groups in total. The lowest BCUT2D eigenvalue weighted by Crippen LogP contribution is -2.37. The van der Waals surface area contributed by atoms with Gasteiger partial charge in [-0.05, 0) is 43.0 Å². The zero-order valence-corrected chi connectivity index (χ0v) is 17.1. The van der Waals surface area contributed by atoms with Crippen molar-refractivity contribution in [3.63, 3.8) is 0 Å². The van der Waals surface area contributed by atoms with E-state index in [9.17, 15) is 4.79 Å². The first-order valence-corrected chi connectivity index (χ1v) is 9.59. The Bertz CT molecular complexity index is 980. The van der Waals surface area contributed by atoms with Crippen molar-refractivity contribution in [1.29, 1.82) is 0 Å². The van der Waals surface area contributed by atoms with Crippen molar-refractivity contribution < 1.29 is 14.6 Å². The Morgan fingerprint density at radius 2 is 1.86 bits per heavy atom.